The Labute approximate surface area is 253 Å². The molecule has 0 radical (unpaired) electrons. The van der Waals surface area contributed by atoms with Crippen molar-refractivity contribution in [2.45, 2.75) is 59.4 Å². The van der Waals surface area contributed by atoms with Crippen LogP contribution in [0, 0.1) is 13.8 Å². The molecule has 1 aliphatic heterocycles. The third kappa shape index (κ3) is 6.19. The monoisotopic (exact) mass is 583 g/mol. The van der Waals surface area contributed by atoms with E-state index in [4.69, 9.17) is 14.2 Å². The van der Waals surface area contributed by atoms with E-state index in [2.05, 4.69) is 17.1 Å². The molecule has 2 N–H and O–H groups in total. The highest BCUT2D eigenvalue weighted by atomic mass is 16.5. The molecule has 2 heterocycles. The summed E-state index contributed by atoms with van der Waals surface area (Å²) in [6.07, 6.45) is 3.85. The second-order valence-corrected chi connectivity index (χ2v) is 11.0. The molecule has 5 rings (SSSR count). The van der Waals surface area contributed by atoms with Crippen molar-refractivity contribution in [2.24, 2.45) is 0 Å². The maximum atomic E-state index is 14.0. The number of rotatable bonds is 13. The number of carbonyl (C=O) groups is 1. The van der Waals surface area contributed by atoms with Crippen molar-refractivity contribution in [1.29, 1.82) is 0 Å². The maximum Gasteiger partial charge on any atom is 0.273 e. The number of aromatic amines is 1. The van der Waals surface area contributed by atoms with Gasteiger partial charge in [-0.15, -0.1) is 0 Å². The highest BCUT2D eigenvalue weighted by molar-refractivity contribution is 6.00. The molecule has 8 heteroatoms. The van der Waals surface area contributed by atoms with Crippen LogP contribution in [-0.2, 0) is 6.42 Å². The number of amides is 1. The number of H-pyrrole nitrogens is 1. The number of aryl methyl sites for hydroxylation is 2. The summed E-state index contributed by atoms with van der Waals surface area (Å²) in [5.74, 6) is 2.16. The van der Waals surface area contributed by atoms with Crippen molar-refractivity contribution in [3.05, 3.63) is 88.1 Å². The average Bonchev–Trinajstić information content (AvgIpc) is 3.55. The van der Waals surface area contributed by atoms with Gasteiger partial charge in [-0.3, -0.25) is 9.89 Å². The maximum absolute atomic E-state index is 14.0. The van der Waals surface area contributed by atoms with Crippen LogP contribution >= 0.6 is 0 Å². The standard InChI is InChI=1S/C35H41N3O5/c1-6-8-9-18-43-28-15-12-25(21-29(28)42-7-2)33-30-31(27-20-22(3)19-23(4)34(27)39)36-37-32(30)35(40)38(33)17-16-24-10-13-26(41-5)14-11-24/h10-15,19-21,33,39H,6-9,16-18H2,1-5H3,(H,36,37). The smallest absolute Gasteiger partial charge is 0.273 e. The summed E-state index contributed by atoms with van der Waals surface area (Å²) in [5.41, 5.74) is 6.10. The largest absolute Gasteiger partial charge is 0.507 e. The lowest BCUT2D eigenvalue weighted by Gasteiger charge is -2.27. The summed E-state index contributed by atoms with van der Waals surface area (Å²) in [7, 11) is 1.65. The number of methoxy groups -OCH3 is 1. The molecule has 1 amide bonds. The van der Waals surface area contributed by atoms with E-state index in [0.29, 0.717) is 54.6 Å². The van der Waals surface area contributed by atoms with Crippen molar-refractivity contribution < 1.29 is 24.1 Å². The average molecular weight is 584 g/mol. The minimum absolute atomic E-state index is 0.131. The third-order valence-electron chi connectivity index (χ3n) is 7.95. The van der Waals surface area contributed by atoms with Gasteiger partial charge in [0.1, 0.15) is 22.9 Å². The van der Waals surface area contributed by atoms with Crippen LogP contribution in [0.25, 0.3) is 11.3 Å². The first-order valence-electron chi connectivity index (χ1n) is 15.1. The molecule has 0 saturated heterocycles. The van der Waals surface area contributed by atoms with Crippen LogP contribution in [0.4, 0.5) is 0 Å². The Balaban J connectivity index is 1.57. The van der Waals surface area contributed by atoms with Crippen molar-refractivity contribution in [3.63, 3.8) is 0 Å². The van der Waals surface area contributed by atoms with E-state index in [9.17, 15) is 9.90 Å². The van der Waals surface area contributed by atoms with Crippen LogP contribution in [-0.4, -0.2) is 53.0 Å². The normalized spacial score (nSPS) is 14.2. The summed E-state index contributed by atoms with van der Waals surface area (Å²) in [6.45, 7) is 9.55. The number of ether oxygens (including phenoxy) is 3. The summed E-state index contributed by atoms with van der Waals surface area (Å²) in [4.78, 5) is 15.8. The minimum atomic E-state index is -0.442. The number of unbranched alkanes of at least 4 members (excludes halogenated alkanes) is 2. The lowest BCUT2D eigenvalue weighted by atomic mass is 9.93. The Morgan fingerprint density at radius 2 is 1.77 bits per heavy atom. The Morgan fingerprint density at radius 1 is 0.977 bits per heavy atom. The van der Waals surface area contributed by atoms with E-state index in [-0.39, 0.29) is 11.7 Å². The molecular weight excluding hydrogens is 542 g/mol. The molecule has 1 aromatic heterocycles. The number of hydrogen-bond acceptors (Lipinski definition) is 6. The van der Waals surface area contributed by atoms with E-state index >= 15 is 0 Å². The first-order valence-corrected chi connectivity index (χ1v) is 15.1. The van der Waals surface area contributed by atoms with Crippen LogP contribution in [0.2, 0.25) is 0 Å². The van der Waals surface area contributed by atoms with Gasteiger partial charge in [0, 0.05) is 17.7 Å². The Hall–Kier alpha value is -4.46. The van der Waals surface area contributed by atoms with E-state index < -0.39 is 6.04 Å². The highest BCUT2D eigenvalue weighted by Crippen LogP contribution is 2.46. The predicted molar refractivity (Wildman–Crippen MR) is 167 cm³/mol. The minimum Gasteiger partial charge on any atom is -0.507 e. The zero-order valence-electron chi connectivity index (χ0n) is 25.7. The van der Waals surface area contributed by atoms with Gasteiger partial charge in [0.2, 0.25) is 0 Å². The number of benzene rings is 3. The van der Waals surface area contributed by atoms with Gasteiger partial charge in [0.25, 0.3) is 5.91 Å². The fourth-order valence-electron chi connectivity index (χ4n) is 5.78. The number of carbonyl (C=O) groups excluding carboxylic acids is 1. The van der Waals surface area contributed by atoms with Gasteiger partial charge in [-0.05, 0) is 86.2 Å². The number of aromatic hydroxyl groups is 1. The zero-order chi connectivity index (χ0) is 30.5. The first-order chi connectivity index (χ1) is 20.9. The molecule has 0 fully saturated rings. The van der Waals surface area contributed by atoms with Gasteiger partial charge < -0.3 is 24.2 Å². The molecular formula is C35H41N3O5. The highest BCUT2D eigenvalue weighted by Gasteiger charge is 2.42. The van der Waals surface area contributed by atoms with Gasteiger partial charge in [0.15, 0.2) is 11.5 Å². The molecule has 1 unspecified atom stereocenters. The van der Waals surface area contributed by atoms with Crippen LogP contribution < -0.4 is 14.2 Å². The number of fused-ring (bicyclic) bond motifs is 1. The Kier molecular flexibility index (Phi) is 9.24. The Morgan fingerprint density at radius 3 is 2.49 bits per heavy atom. The molecule has 4 aromatic rings. The van der Waals surface area contributed by atoms with Crippen molar-refractivity contribution in [2.75, 3.05) is 26.9 Å². The summed E-state index contributed by atoms with van der Waals surface area (Å²) in [5, 5.41) is 18.7. The van der Waals surface area contributed by atoms with Crippen molar-refractivity contribution in [3.8, 4) is 34.3 Å². The van der Waals surface area contributed by atoms with Gasteiger partial charge in [-0.25, -0.2) is 0 Å². The molecule has 0 saturated carbocycles. The SMILES string of the molecule is CCCCCOc1ccc(C2c3c(-c4cc(C)cc(C)c4O)n[nH]c3C(=O)N2CCc2ccc(OC)cc2)cc1OCC. The van der Waals surface area contributed by atoms with Gasteiger partial charge in [-0.1, -0.05) is 44.0 Å². The molecule has 1 atom stereocenters. The van der Waals surface area contributed by atoms with Crippen molar-refractivity contribution >= 4 is 5.91 Å². The lowest BCUT2D eigenvalue weighted by molar-refractivity contribution is 0.0745. The fraction of sp³-hybridized carbons (Fsp3) is 0.371. The van der Waals surface area contributed by atoms with Crippen LogP contribution in [0.15, 0.2) is 54.6 Å². The fourth-order valence-corrected chi connectivity index (χ4v) is 5.78. The predicted octanol–water partition coefficient (Wildman–Crippen LogP) is 7.16. The van der Waals surface area contributed by atoms with Gasteiger partial charge >= 0.3 is 0 Å². The second kappa shape index (κ2) is 13.2. The van der Waals surface area contributed by atoms with Crippen LogP contribution in [0.3, 0.4) is 0 Å². The quantitative estimate of drug-likeness (QED) is 0.162. The second-order valence-electron chi connectivity index (χ2n) is 11.0. The molecule has 0 aliphatic carbocycles. The first kappa shape index (κ1) is 30.0. The van der Waals surface area contributed by atoms with E-state index in [0.717, 1.165) is 52.8 Å². The number of phenols is 1. The van der Waals surface area contributed by atoms with Crippen LogP contribution in [0.1, 0.15) is 77.5 Å². The van der Waals surface area contributed by atoms with E-state index in [1.165, 1.54) is 0 Å². The molecule has 1 aliphatic rings. The van der Waals surface area contributed by atoms with Crippen LogP contribution in [0.5, 0.6) is 23.0 Å². The lowest BCUT2D eigenvalue weighted by Crippen LogP contribution is -2.31. The summed E-state index contributed by atoms with van der Waals surface area (Å²) < 4.78 is 17.5. The number of nitrogens with zero attached hydrogens (tertiary/aromatic N) is 2. The molecule has 43 heavy (non-hydrogen) atoms. The third-order valence-corrected chi connectivity index (χ3v) is 7.95. The van der Waals surface area contributed by atoms with E-state index in [1.54, 1.807) is 7.11 Å². The molecule has 3 aromatic carbocycles. The number of nitrogens with one attached hydrogen (secondary N) is 1. The van der Waals surface area contributed by atoms with Gasteiger partial charge in [-0.2, -0.15) is 5.10 Å². The zero-order valence-corrected chi connectivity index (χ0v) is 25.7. The topological polar surface area (TPSA) is 96.9 Å². The van der Waals surface area contributed by atoms with Gasteiger partial charge in [0.05, 0.1) is 26.4 Å². The number of phenolic OH excluding ortho intramolecular Hbond substituents is 1. The van der Waals surface area contributed by atoms with E-state index in [1.807, 2.05) is 80.3 Å². The molecule has 8 nitrogen and oxygen atoms in total. The molecule has 0 spiro atoms. The summed E-state index contributed by atoms with van der Waals surface area (Å²) >= 11 is 0. The molecule has 226 valence electrons. The number of aromatic nitrogens is 2. The van der Waals surface area contributed by atoms with Crippen molar-refractivity contribution in [1.82, 2.24) is 15.1 Å². The molecule has 0 bridgehead atoms. The summed E-state index contributed by atoms with van der Waals surface area (Å²) in [6, 6.07) is 17.2. The number of hydrogen-bond donors (Lipinski definition) is 2. The Bertz CT molecular complexity index is 1580.